The van der Waals surface area contributed by atoms with Crippen LogP contribution in [-0.2, 0) is 0 Å². The van der Waals surface area contributed by atoms with Gasteiger partial charge in [0.05, 0.1) is 11.7 Å². The topological polar surface area (TPSA) is 102 Å². The number of phenolic OH excluding ortho intramolecular Hbond substituents is 1. The maximum Gasteiger partial charge on any atom is 0.370 e. The number of hydrogen-bond acceptors (Lipinski definition) is 6. The van der Waals surface area contributed by atoms with Crippen molar-refractivity contribution in [3.8, 4) is 5.75 Å². The minimum atomic E-state index is -0.643. The van der Waals surface area contributed by atoms with Gasteiger partial charge in [0.1, 0.15) is 31.0 Å². The molecule has 0 radical (unpaired) electrons. The SMILES string of the molecule is CC[C@@H](Nc1c(Nc2cccc(C(O)=[N+](C)C)c2O)c(=O)c1=O)c1cc(C)cs1. The Morgan fingerprint density at radius 2 is 1.90 bits per heavy atom. The molecule has 0 aliphatic heterocycles. The minimum Gasteiger partial charge on any atom is -0.505 e. The molecule has 2 aromatic carbocycles. The first-order valence-electron chi connectivity index (χ1n) is 9.22. The standard InChI is InChI=1S/C21H23N3O4S/c1-5-13(15-9-11(2)10-29-15)22-16-17(20(27)19(16)26)23-14-8-6-7-12(18(14)25)21(28)24(3)4/h6-10,13H,5H2,1-4H3,(H3,22,23,25,26,27,28)/p+1/t13-/m1/s1. The second-order valence-electron chi connectivity index (χ2n) is 7.08. The van der Waals surface area contributed by atoms with E-state index in [1.165, 1.54) is 4.58 Å². The molecule has 0 saturated carbocycles. The number of thiophene rings is 1. The summed E-state index contributed by atoms with van der Waals surface area (Å²) in [4.78, 5) is 25.4. The van der Waals surface area contributed by atoms with Crippen molar-refractivity contribution in [2.75, 3.05) is 24.7 Å². The van der Waals surface area contributed by atoms with Crippen molar-refractivity contribution in [1.82, 2.24) is 0 Å². The molecule has 3 rings (SSSR count). The van der Waals surface area contributed by atoms with Crippen molar-refractivity contribution < 1.29 is 14.8 Å². The van der Waals surface area contributed by atoms with Gasteiger partial charge in [0.2, 0.25) is 0 Å². The lowest BCUT2D eigenvalue weighted by atomic mass is 10.1. The van der Waals surface area contributed by atoms with Crippen LogP contribution in [0.5, 0.6) is 5.75 Å². The summed E-state index contributed by atoms with van der Waals surface area (Å²) in [5, 5.41) is 28.7. The first-order chi connectivity index (χ1) is 13.7. The third-order valence-electron chi connectivity index (χ3n) is 4.69. The molecule has 0 aliphatic carbocycles. The highest BCUT2D eigenvalue weighted by Crippen LogP contribution is 2.33. The molecule has 152 valence electrons. The predicted molar refractivity (Wildman–Crippen MR) is 117 cm³/mol. The van der Waals surface area contributed by atoms with Gasteiger partial charge in [0.15, 0.2) is 5.75 Å². The molecule has 7 nitrogen and oxygen atoms in total. The summed E-state index contributed by atoms with van der Waals surface area (Å²) in [6, 6.07) is 6.73. The predicted octanol–water partition coefficient (Wildman–Crippen LogP) is 3.24. The summed E-state index contributed by atoms with van der Waals surface area (Å²) >= 11 is 1.60. The van der Waals surface area contributed by atoms with Crippen LogP contribution in [0.15, 0.2) is 39.2 Å². The van der Waals surface area contributed by atoms with Gasteiger partial charge in [-0.25, -0.2) is 4.58 Å². The van der Waals surface area contributed by atoms with Crippen molar-refractivity contribution in [3.05, 3.63) is 66.1 Å². The zero-order valence-electron chi connectivity index (χ0n) is 16.7. The van der Waals surface area contributed by atoms with Gasteiger partial charge in [-0.2, -0.15) is 0 Å². The smallest absolute Gasteiger partial charge is 0.370 e. The quantitative estimate of drug-likeness (QED) is 0.156. The number of aliphatic hydroxyl groups excluding tert-OH is 1. The Labute approximate surface area is 172 Å². The number of nitrogens with one attached hydrogen (secondary N) is 2. The summed E-state index contributed by atoms with van der Waals surface area (Å²) in [5.74, 6) is -0.327. The van der Waals surface area contributed by atoms with E-state index in [1.807, 2.05) is 19.2 Å². The second-order valence-corrected chi connectivity index (χ2v) is 8.03. The molecule has 0 aliphatic rings. The Morgan fingerprint density at radius 3 is 2.48 bits per heavy atom. The maximum atomic E-state index is 12.2. The Bertz CT molecular complexity index is 1150. The fourth-order valence-electron chi connectivity index (χ4n) is 3.03. The van der Waals surface area contributed by atoms with E-state index in [2.05, 4.69) is 16.7 Å². The first kappa shape index (κ1) is 20.6. The molecular weight excluding hydrogens is 390 g/mol. The average Bonchev–Trinajstić information content (AvgIpc) is 3.13. The van der Waals surface area contributed by atoms with Crippen LogP contribution in [-0.4, -0.2) is 34.8 Å². The van der Waals surface area contributed by atoms with E-state index in [1.54, 1.807) is 43.6 Å². The molecule has 0 amide bonds. The van der Waals surface area contributed by atoms with Crippen LogP contribution in [0.2, 0.25) is 0 Å². The van der Waals surface area contributed by atoms with Gasteiger partial charge in [-0.05, 0) is 42.5 Å². The highest BCUT2D eigenvalue weighted by molar-refractivity contribution is 7.10. The van der Waals surface area contributed by atoms with E-state index in [-0.39, 0.29) is 40.3 Å². The first-order valence-corrected chi connectivity index (χ1v) is 10.1. The molecule has 1 aromatic heterocycles. The number of para-hydroxylation sites is 1. The van der Waals surface area contributed by atoms with Crippen LogP contribution in [0.3, 0.4) is 0 Å². The van der Waals surface area contributed by atoms with Gasteiger partial charge < -0.3 is 20.8 Å². The van der Waals surface area contributed by atoms with Gasteiger partial charge in [-0.1, -0.05) is 13.0 Å². The summed E-state index contributed by atoms with van der Waals surface area (Å²) in [5.41, 5.74) is 0.678. The zero-order chi connectivity index (χ0) is 21.3. The minimum absolute atomic E-state index is 0.0939. The van der Waals surface area contributed by atoms with Crippen LogP contribution >= 0.6 is 11.3 Å². The normalized spacial score (nSPS) is 12.0. The largest absolute Gasteiger partial charge is 0.505 e. The third kappa shape index (κ3) is 3.88. The molecule has 1 heterocycles. The molecule has 29 heavy (non-hydrogen) atoms. The van der Waals surface area contributed by atoms with Crippen molar-refractivity contribution in [2.24, 2.45) is 0 Å². The number of benzene rings is 1. The van der Waals surface area contributed by atoms with Gasteiger partial charge in [0, 0.05) is 4.88 Å². The number of aliphatic hydroxyl groups is 1. The van der Waals surface area contributed by atoms with Crippen LogP contribution in [0.25, 0.3) is 0 Å². The maximum absolute atomic E-state index is 12.2. The molecule has 8 heteroatoms. The van der Waals surface area contributed by atoms with Crippen LogP contribution in [0.1, 0.15) is 35.4 Å². The van der Waals surface area contributed by atoms with E-state index in [0.29, 0.717) is 0 Å². The highest BCUT2D eigenvalue weighted by Gasteiger charge is 2.26. The lowest BCUT2D eigenvalue weighted by molar-refractivity contribution is -0.472. The van der Waals surface area contributed by atoms with E-state index in [9.17, 15) is 19.8 Å². The lowest BCUT2D eigenvalue weighted by Gasteiger charge is -2.21. The average molecular weight is 415 g/mol. The number of nitrogens with zero attached hydrogens (tertiary/aromatic N) is 1. The number of rotatable bonds is 7. The number of phenols is 1. The van der Waals surface area contributed by atoms with Gasteiger partial charge in [-0.15, -0.1) is 11.3 Å². The second kappa shape index (κ2) is 8.08. The summed E-state index contributed by atoms with van der Waals surface area (Å²) in [6.45, 7) is 4.01. The number of aryl methyl sites for hydroxylation is 1. The van der Waals surface area contributed by atoms with Crippen LogP contribution in [0.4, 0.5) is 17.1 Å². The molecule has 0 unspecified atom stereocenters. The van der Waals surface area contributed by atoms with Gasteiger partial charge >= 0.3 is 5.90 Å². The molecule has 0 fully saturated rings. The number of hydrogen-bond donors (Lipinski definition) is 4. The lowest BCUT2D eigenvalue weighted by Crippen LogP contribution is -2.37. The van der Waals surface area contributed by atoms with E-state index < -0.39 is 10.9 Å². The molecule has 0 spiro atoms. The number of anilines is 3. The Balaban J connectivity index is 1.92. The fraction of sp³-hybridized carbons (Fsp3) is 0.286. The molecular formula is C21H24N3O4S+. The highest BCUT2D eigenvalue weighted by atomic mass is 32.1. The molecule has 0 bridgehead atoms. The Morgan fingerprint density at radius 1 is 1.21 bits per heavy atom. The van der Waals surface area contributed by atoms with Crippen molar-refractivity contribution in [3.63, 3.8) is 0 Å². The third-order valence-corrected chi connectivity index (χ3v) is 5.86. The Hall–Kier alpha value is -3.13. The van der Waals surface area contributed by atoms with E-state index >= 15 is 0 Å². The van der Waals surface area contributed by atoms with Crippen molar-refractivity contribution >= 4 is 34.3 Å². The van der Waals surface area contributed by atoms with Gasteiger partial charge in [0.25, 0.3) is 10.9 Å². The summed E-state index contributed by atoms with van der Waals surface area (Å²) < 4.78 is 1.46. The van der Waals surface area contributed by atoms with Gasteiger partial charge in [-0.3, -0.25) is 9.59 Å². The molecule has 4 N–H and O–H groups in total. The molecule has 0 saturated heterocycles. The van der Waals surface area contributed by atoms with E-state index in [4.69, 9.17) is 0 Å². The molecule has 3 aromatic rings. The van der Waals surface area contributed by atoms with E-state index in [0.717, 1.165) is 16.9 Å². The summed E-state index contributed by atoms with van der Waals surface area (Å²) in [7, 11) is 3.29. The Kier molecular flexibility index (Phi) is 5.74. The summed E-state index contributed by atoms with van der Waals surface area (Å²) in [6.07, 6.45) is 0.741. The number of aromatic hydroxyl groups is 1. The molecule has 1 atom stereocenters. The van der Waals surface area contributed by atoms with Crippen LogP contribution < -0.4 is 21.5 Å². The zero-order valence-corrected chi connectivity index (χ0v) is 17.6. The van der Waals surface area contributed by atoms with Crippen molar-refractivity contribution in [1.29, 1.82) is 0 Å². The van der Waals surface area contributed by atoms with Crippen molar-refractivity contribution in [2.45, 2.75) is 26.3 Å². The van der Waals surface area contributed by atoms with Crippen LogP contribution in [0, 0.1) is 6.92 Å². The fourth-order valence-corrected chi connectivity index (χ4v) is 4.07. The monoisotopic (exact) mass is 414 g/mol.